The third-order valence-electron chi connectivity index (χ3n) is 3.79. The van der Waals surface area contributed by atoms with Gasteiger partial charge < -0.3 is 15.0 Å². The number of amides is 1. The second kappa shape index (κ2) is 7.10. The van der Waals surface area contributed by atoms with Crippen LogP contribution in [0.25, 0.3) is 10.2 Å². The van der Waals surface area contributed by atoms with Crippen LogP contribution >= 0.6 is 11.3 Å². The van der Waals surface area contributed by atoms with E-state index < -0.39 is 0 Å². The van der Waals surface area contributed by atoms with Crippen molar-refractivity contribution in [1.29, 1.82) is 0 Å². The molecule has 23 heavy (non-hydrogen) atoms. The molecule has 0 bridgehead atoms. The Morgan fingerprint density at radius 1 is 1.43 bits per heavy atom. The lowest BCUT2D eigenvalue weighted by molar-refractivity contribution is -0.112. The molecule has 6 heteroatoms. The van der Waals surface area contributed by atoms with Gasteiger partial charge in [0.25, 0.3) is 5.91 Å². The van der Waals surface area contributed by atoms with Gasteiger partial charge in [0.1, 0.15) is 0 Å². The van der Waals surface area contributed by atoms with Gasteiger partial charge in [-0.1, -0.05) is 24.3 Å². The largest absolute Gasteiger partial charge is 0.378 e. The Bertz CT molecular complexity index is 733. The first-order valence-electron chi connectivity index (χ1n) is 7.89. The number of nitrogens with zero attached hydrogens (tertiary/aromatic N) is 2. The molecular weight excluding hydrogens is 310 g/mol. The minimum Gasteiger partial charge on any atom is -0.378 e. The molecule has 0 spiro atoms. The molecule has 0 unspecified atom stereocenters. The first-order chi connectivity index (χ1) is 11.2. The summed E-state index contributed by atoms with van der Waals surface area (Å²) in [6, 6.07) is 5.86. The third-order valence-corrected chi connectivity index (χ3v) is 4.86. The summed E-state index contributed by atoms with van der Waals surface area (Å²) >= 11 is 1.66. The van der Waals surface area contributed by atoms with Crippen molar-refractivity contribution < 1.29 is 9.53 Å². The molecule has 2 aromatic rings. The van der Waals surface area contributed by atoms with Gasteiger partial charge in [-0.25, -0.2) is 4.98 Å². The minimum absolute atomic E-state index is 0.0517. The van der Waals surface area contributed by atoms with Gasteiger partial charge in [-0.2, -0.15) is 0 Å². The van der Waals surface area contributed by atoms with E-state index in [-0.39, 0.29) is 5.91 Å². The Morgan fingerprint density at radius 3 is 2.96 bits per heavy atom. The van der Waals surface area contributed by atoms with E-state index in [4.69, 9.17) is 4.74 Å². The molecular formula is C17H21N3O2S. The summed E-state index contributed by atoms with van der Waals surface area (Å²) < 4.78 is 6.47. The fraction of sp³-hybridized carbons (Fsp3) is 0.412. The van der Waals surface area contributed by atoms with Gasteiger partial charge >= 0.3 is 0 Å². The first-order valence-corrected chi connectivity index (χ1v) is 8.70. The maximum absolute atomic E-state index is 12.1. The number of ether oxygens (including phenoxy) is 1. The number of thiazole rings is 1. The summed E-state index contributed by atoms with van der Waals surface area (Å²) in [6.45, 7) is 7.11. The number of hydrogen-bond acceptors (Lipinski definition) is 5. The Morgan fingerprint density at radius 2 is 2.22 bits per heavy atom. The molecule has 1 saturated heterocycles. The predicted octanol–water partition coefficient (Wildman–Crippen LogP) is 3.43. The lowest BCUT2D eigenvalue weighted by Gasteiger charge is -2.25. The molecule has 0 atom stereocenters. The second-order valence-corrected chi connectivity index (χ2v) is 6.54. The van der Waals surface area contributed by atoms with Crippen LogP contribution in [0.3, 0.4) is 0 Å². The van der Waals surface area contributed by atoms with Crippen molar-refractivity contribution >= 4 is 38.3 Å². The lowest BCUT2D eigenvalue weighted by Crippen LogP contribution is -2.36. The standard InChI is InChI=1S/C17H21N3O2S/c1-3-4-12(2)16(21)18-13-5-6-14-15(11-13)23-17(19-14)20-7-9-22-10-8-20/h4-6,11H,3,7-10H2,1-2H3,(H,18,21). The summed E-state index contributed by atoms with van der Waals surface area (Å²) in [6.07, 6.45) is 2.78. The van der Waals surface area contributed by atoms with Crippen molar-refractivity contribution in [2.45, 2.75) is 20.3 Å². The van der Waals surface area contributed by atoms with E-state index in [1.807, 2.05) is 38.1 Å². The minimum atomic E-state index is -0.0517. The predicted molar refractivity (Wildman–Crippen MR) is 95.3 cm³/mol. The zero-order valence-electron chi connectivity index (χ0n) is 13.5. The van der Waals surface area contributed by atoms with Gasteiger partial charge in [0.15, 0.2) is 5.13 Å². The second-order valence-electron chi connectivity index (χ2n) is 5.53. The number of carbonyl (C=O) groups excluding carboxylic acids is 1. The van der Waals surface area contributed by atoms with Gasteiger partial charge in [0.2, 0.25) is 0 Å². The van der Waals surface area contributed by atoms with Crippen LogP contribution in [0.1, 0.15) is 20.3 Å². The highest BCUT2D eigenvalue weighted by Crippen LogP contribution is 2.31. The number of nitrogens with one attached hydrogen (secondary N) is 1. The van der Waals surface area contributed by atoms with Crippen LogP contribution in [-0.2, 0) is 9.53 Å². The Hall–Kier alpha value is -1.92. The summed E-state index contributed by atoms with van der Waals surface area (Å²) in [4.78, 5) is 19.0. The molecule has 0 saturated carbocycles. The highest BCUT2D eigenvalue weighted by Gasteiger charge is 2.15. The molecule has 1 aliphatic heterocycles. The monoisotopic (exact) mass is 331 g/mol. The van der Waals surface area contributed by atoms with Crippen LogP contribution in [0.2, 0.25) is 0 Å². The number of rotatable bonds is 4. The van der Waals surface area contributed by atoms with Gasteiger partial charge in [-0.15, -0.1) is 0 Å². The average molecular weight is 331 g/mol. The molecule has 0 aliphatic carbocycles. The number of hydrogen-bond donors (Lipinski definition) is 1. The van der Waals surface area contributed by atoms with Crippen molar-refractivity contribution in [3.63, 3.8) is 0 Å². The van der Waals surface area contributed by atoms with Crippen molar-refractivity contribution in [3.8, 4) is 0 Å². The Kier molecular flexibility index (Phi) is 4.93. The topological polar surface area (TPSA) is 54.5 Å². The first kappa shape index (κ1) is 16.0. The van der Waals surface area contributed by atoms with E-state index >= 15 is 0 Å². The Labute approximate surface area is 140 Å². The van der Waals surface area contributed by atoms with E-state index in [2.05, 4.69) is 15.2 Å². The molecule has 1 amide bonds. The zero-order chi connectivity index (χ0) is 16.2. The number of morpholine rings is 1. The smallest absolute Gasteiger partial charge is 0.250 e. The molecule has 3 rings (SSSR count). The van der Waals surface area contributed by atoms with Crippen LogP contribution < -0.4 is 10.2 Å². The number of carbonyl (C=O) groups is 1. The molecule has 2 heterocycles. The third kappa shape index (κ3) is 3.71. The van der Waals surface area contributed by atoms with Crippen LogP contribution in [-0.4, -0.2) is 37.2 Å². The van der Waals surface area contributed by atoms with Crippen molar-refractivity contribution in [3.05, 3.63) is 29.8 Å². The molecule has 0 radical (unpaired) electrons. The van der Waals surface area contributed by atoms with Crippen molar-refractivity contribution in [2.24, 2.45) is 0 Å². The van der Waals surface area contributed by atoms with Crippen LogP contribution in [0, 0.1) is 0 Å². The van der Waals surface area contributed by atoms with Gasteiger partial charge in [0, 0.05) is 24.4 Å². The number of aromatic nitrogens is 1. The SMILES string of the molecule is CCC=C(C)C(=O)Nc1ccc2nc(N3CCOCC3)sc2c1. The molecule has 1 aromatic carbocycles. The zero-order valence-corrected chi connectivity index (χ0v) is 14.3. The fourth-order valence-electron chi connectivity index (χ4n) is 2.51. The number of fused-ring (bicyclic) bond motifs is 1. The van der Waals surface area contributed by atoms with Gasteiger partial charge in [-0.3, -0.25) is 4.79 Å². The summed E-state index contributed by atoms with van der Waals surface area (Å²) in [5.74, 6) is -0.0517. The maximum atomic E-state index is 12.1. The van der Waals surface area contributed by atoms with E-state index in [1.165, 1.54) is 0 Å². The van der Waals surface area contributed by atoms with Gasteiger partial charge in [0.05, 0.1) is 23.4 Å². The van der Waals surface area contributed by atoms with E-state index in [0.717, 1.165) is 59.3 Å². The maximum Gasteiger partial charge on any atom is 0.250 e. The summed E-state index contributed by atoms with van der Waals surface area (Å²) in [5, 5.41) is 3.97. The van der Waals surface area contributed by atoms with Gasteiger partial charge in [-0.05, 0) is 31.5 Å². The van der Waals surface area contributed by atoms with Crippen LogP contribution in [0.15, 0.2) is 29.8 Å². The van der Waals surface area contributed by atoms with E-state index in [0.29, 0.717) is 0 Å². The molecule has 1 N–H and O–H groups in total. The lowest BCUT2D eigenvalue weighted by atomic mass is 10.2. The van der Waals surface area contributed by atoms with Crippen molar-refractivity contribution in [2.75, 3.05) is 36.5 Å². The molecule has 1 aromatic heterocycles. The average Bonchev–Trinajstić information content (AvgIpc) is 2.99. The normalized spacial score (nSPS) is 15.9. The van der Waals surface area contributed by atoms with E-state index in [1.54, 1.807) is 11.3 Å². The Balaban J connectivity index is 1.79. The molecule has 1 aliphatic rings. The highest BCUT2D eigenvalue weighted by molar-refractivity contribution is 7.22. The molecule has 122 valence electrons. The number of anilines is 2. The summed E-state index contributed by atoms with van der Waals surface area (Å²) in [7, 11) is 0. The summed E-state index contributed by atoms with van der Waals surface area (Å²) in [5.41, 5.74) is 2.52. The van der Waals surface area contributed by atoms with E-state index in [9.17, 15) is 4.79 Å². The quantitative estimate of drug-likeness (QED) is 0.872. The van der Waals surface area contributed by atoms with Crippen LogP contribution in [0.4, 0.5) is 10.8 Å². The number of benzene rings is 1. The van der Waals surface area contributed by atoms with Crippen LogP contribution in [0.5, 0.6) is 0 Å². The molecule has 1 fully saturated rings. The molecule has 5 nitrogen and oxygen atoms in total. The highest BCUT2D eigenvalue weighted by atomic mass is 32.1. The fourth-order valence-corrected chi connectivity index (χ4v) is 3.57. The number of allylic oxidation sites excluding steroid dienone is 1. The van der Waals surface area contributed by atoms with Crippen molar-refractivity contribution in [1.82, 2.24) is 4.98 Å².